The Morgan fingerprint density at radius 3 is 2.52 bits per heavy atom. The van der Waals surface area contributed by atoms with Crippen LogP contribution < -0.4 is 9.64 Å². The van der Waals surface area contributed by atoms with Gasteiger partial charge in [-0.1, -0.05) is 29.8 Å². The molecule has 1 amide bonds. The Kier molecular flexibility index (Phi) is 5.44. The molecule has 156 valence electrons. The normalized spacial score (nSPS) is 17.8. The number of amides is 1. The van der Waals surface area contributed by atoms with Crippen molar-refractivity contribution in [3.8, 4) is 5.75 Å². The number of carbonyl (C=O) groups is 2. The topological polar surface area (TPSA) is 79.7 Å². The molecule has 31 heavy (non-hydrogen) atoms. The van der Waals surface area contributed by atoms with Crippen molar-refractivity contribution in [1.29, 1.82) is 0 Å². The van der Waals surface area contributed by atoms with Gasteiger partial charge in [-0.05, 0) is 36.4 Å². The lowest BCUT2D eigenvalue weighted by Crippen LogP contribution is -2.29. The van der Waals surface area contributed by atoms with Crippen molar-refractivity contribution in [2.24, 2.45) is 0 Å². The predicted molar refractivity (Wildman–Crippen MR) is 113 cm³/mol. The third-order valence-electron chi connectivity index (χ3n) is 5.01. The summed E-state index contributed by atoms with van der Waals surface area (Å²) in [4.78, 5) is 31.2. The van der Waals surface area contributed by atoms with Crippen molar-refractivity contribution < 1.29 is 23.8 Å². The Morgan fingerprint density at radius 1 is 1.13 bits per heavy atom. The second-order valence-corrected chi connectivity index (χ2v) is 7.15. The minimum atomic E-state index is -1.02. The highest BCUT2D eigenvalue weighted by atomic mass is 35.5. The number of hydrogen-bond acceptors (Lipinski definition) is 5. The van der Waals surface area contributed by atoms with Gasteiger partial charge in [-0.3, -0.25) is 19.5 Å². The molecular formula is C23H16ClFN2O4. The highest BCUT2D eigenvalue weighted by Crippen LogP contribution is 2.45. The number of aliphatic hydroxyl groups excluding tert-OH is 1. The number of Topliss-reactive ketones (excluding diaryl/α,β-unsaturated/α-hetero) is 1. The molecule has 1 atom stereocenters. The Labute approximate surface area is 182 Å². The second-order valence-electron chi connectivity index (χ2n) is 6.75. The molecule has 0 radical (unpaired) electrons. The number of carbonyl (C=O) groups excluding carboxylic acids is 2. The van der Waals surface area contributed by atoms with Gasteiger partial charge < -0.3 is 9.84 Å². The first-order chi connectivity index (χ1) is 14.9. The van der Waals surface area contributed by atoms with E-state index in [4.69, 9.17) is 16.3 Å². The molecule has 2 aromatic carbocycles. The van der Waals surface area contributed by atoms with Crippen LogP contribution in [0.3, 0.4) is 0 Å². The molecule has 1 aromatic heterocycles. The van der Waals surface area contributed by atoms with Crippen LogP contribution in [-0.2, 0) is 9.59 Å². The molecule has 1 saturated heterocycles. The first-order valence-corrected chi connectivity index (χ1v) is 9.61. The van der Waals surface area contributed by atoms with Crippen molar-refractivity contribution in [3.63, 3.8) is 0 Å². The van der Waals surface area contributed by atoms with Gasteiger partial charge in [0.1, 0.15) is 17.3 Å². The van der Waals surface area contributed by atoms with E-state index in [9.17, 15) is 19.1 Å². The van der Waals surface area contributed by atoms with Gasteiger partial charge >= 0.3 is 0 Å². The SMILES string of the molecule is COc1ccccc1C1/C(=C(\O)c2ccncc2)C(=O)C(=O)N1c1ccc(F)c(Cl)c1. The van der Waals surface area contributed by atoms with E-state index in [2.05, 4.69) is 4.98 Å². The van der Waals surface area contributed by atoms with E-state index in [0.717, 1.165) is 6.07 Å². The number of halogens is 2. The molecule has 6 nitrogen and oxygen atoms in total. The lowest BCUT2D eigenvalue weighted by molar-refractivity contribution is -0.132. The minimum absolute atomic E-state index is 0.124. The number of para-hydroxylation sites is 1. The fourth-order valence-electron chi connectivity index (χ4n) is 3.59. The molecule has 1 aliphatic heterocycles. The van der Waals surface area contributed by atoms with Gasteiger partial charge in [-0.2, -0.15) is 0 Å². The van der Waals surface area contributed by atoms with Crippen LogP contribution >= 0.6 is 11.6 Å². The lowest BCUT2D eigenvalue weighted by atomic mass is 9.94. The summed E-state index contributed by atoms with van der Waals surface area (Å²) in [6, 6.07) is 12.6. The first-order valence-electron chi connectivity index (χ1n) is 9.23. The minimum Gasteiger partial charge on any atom is -0.507 e. The summed E-state index contributed by atoms with van der Waals surface area (Å²) in [6.45, 7) is 0. The average Bonchev–Trinajstić information content (AvgIpc) is 3.06. The number of ketones is 1. The summed E-state index contributed by atoms with van der Waals surface area (Å²) >= 11 is 5.93. The second kappa shape index (κ2) is 8.20. The van der Waals surface area contributed by atoms with E-state index >= 15 is 0 Å². The van der Waals surface area contributed by atoms with Crippen LogP contribution in [0, 0.1) is 5.82 Å². The number of aliphatic hydroxyl groups is 1. The number of hydrogen-bond donors (Lipinski definition) is 1. The third kappa shape index (κ3) is 3.53. The molecular weight excluding hydrogens is 423 g/mol. The summed E-state index contributed by atoms with van der Waals surface area (Å²) in [7, 11) is 1.46. The zero-order chi connectivity index (χ0) is 22.1. The fourth-order valence-corrected chi connectivity index (χ4v) is 3.76. The van der Waals surface area contributed by atoms with Gasteiger partial charge in [-0.25, -0.2) is 4.39 Å². The maximum atomic E-state index is 13.7. The number of benzene rings is 2. The van der Waals surface area contributed by atoms with Crippen LogP contribution in [0.25, 0.3) is 5.76 Å². The van der Waals surface area contributed by atoms with Crippen LogP contribution in [0.5, 0.6) is 5.75 Å². The van der Waals surface area contributed by atoms with Gasteiger partial charge in [0.2, 0.25) is 0 Å². The largest absolute Gasteiger partial charge is 0.507 e. The third-order valence-corrected chi connectivity index (χ3v) is 5.30. The standard InChI is InChI=1S/C23H16ClFN2O4/c1-31-18-5-3-2-4-15(18)20-19(21(28)13-8-10-26-11-9-13)22(29)23(30)27(20)14-6-7-17(25)16(24)12-14/h2-12,20,28H,1H3/b21-19+. The van der Waals surface area contributed by atoms with Crippen molar-refractivity contribution >= 4 is 34.7 Å². The molecule has 0 bridgehead atoms. The van der Waals surface area contributed by atoms with Crippen LogP contribution in [-0.4, -0.2) is 28.9 Å². The van der Waals surface area contributed by atoms with Crippen LogP contribution in [0.4, 0.5) is 10.1 Å². The van der Waals surface area contributed by atoms with Crippen LogP contribution in [0.2, 0.25) is 5.02 Å². The van der Waals surface area contributed by atoms with Crippen molar-refractivity contribution in [3.05, 3.63) is 94.5 Å². The summed E-state index contributed by atoms with van der Waals surface area (Å²) in [6.07, 6.45) is 2.92. The first kappa shape index (κ1) is 20.6. The molecule has 8 heteroatoms. The van der Waals surface area contributed by atoms with Crippen molar-refractivity contribution in [1.82, 2.24) is 4.98 Å². The van der Waals surface area contributed by atoms with Crippen molar-refractivity contribution in [2.45, 2.75) is 6.04 Å². The zero-order valence-electron chi connectivity index (χ0n) is 16.3. The fraction of sp³-hybridized carbons (Fsp3) is 0.0870. The zero-order valence-corrected chi connectivity index (χ0v) is 17.0. The van der Waals surface area contributed by atoms with E-state index in [0.29, 0.717) is 16.9 Å². The van der Waals surface area contributed by atoms with Gasteiger partial charge in [0.25, 0.3) is 11.7 Å². The maximum Gasteiger partial charge on any atom is 0.300 e. The molecule has 1 N–H and O–H groups in total. The summed E-state index contributed by atoms with van der Waals surface area (Å²) < 4.78 is 19.2. The molecule has 1 aliphatic rings. The molecule has 0 saturated carbocycles. The summed E-state index contributed by atoms with van der Waals surface area (Å²) in [5, 5.41) is 10.8. The van der Waals surface area contributed by atoms with E-state index in [1.807, 2.05) is 0 Å². The number of aromatic nitrogens is 1. The molecule has 0 aliphatic carbocycles. The Hall–Kier alpha value is -3.71. The predicted octanol–water partition coefficient (Wildman–Crippen LogP) is 4.51. The Bertz CT molecular complexity index is 1210. The monoisotopic (exact) mass is 438 g/mol. The number of ether oxygens (including phenoxy) is 1. The Morgan fingerprint density at radius 2 is 1.84 bits per heavy atom. The van der Waals surface area contributed by atoms with E-state index in [1.54, 1.807) is 24.3 Å². The van der Waals surface area contributed by atoms with Crippen LogP contribution in [0.1, 0.15) is 17.2 Å². The van der Waals surface area contributed by atoms with E-state index < -0.39 is 23.5 Å². The number of rotatable bonds is 4. The highest BCUT2D eigenvalue weighted by Gasteiger charge is 2.48. The van der Waals surface area contributed by atoms with Gasteiger partial charge in [0.15, 0.2) is 0 Å². The lowest BCUT2D eigenvalue weighted by Gasteiger charge is -2.26. The van der Waals surface area contributed by atoms with Crippen LogP contribution in [0.15, 0.2) is 72.6 Å². The Balaban J connectivity index is 2.00. The maximum absolute atomic E-state index is 13.7. The average molecular weight is 439 g/mol. The van der Waals surface area contributed by atoms with E-state index in [1.165, 1.54) is 48.7 Å². The molecule has 1 fully saturated rings. The summed E-state index contributed by atoms with van der Waals surface area (Å²) in [5.74, 6) is -2.37. The van der Waals surface area contributed by atoms with Gasteiger partial charge in [0.05, 0.1) is 23.7 Å². The quantitative estimate of drug-likeness (QED) is 0.368. The van der Waals surface area contributed by atoms with E-state index in [-0.39, 0.29) is 22.0 Å². The van der Waals surface area contributed by atoms with Gasteiger partial charge in [-0.15, -0.1) is 0 Å². The molecule has 0 spiro atoms. The van der Waals surface area contributed by atoms with Gasteiger partial charge in [0, 0.05) is 29.2 Å². The molecule has 4 rings (SSSR count). The number of methoxy groups -OCH3 is 1. The molecule has 3 aromatic rings. The number of nitrogens with zero attached hydrogens (tertiary/aromatic N) is 2. The number of anilines is 1. The summed E-state index contributed by atoms with van der Waals surface area (Å²) in [5.41, 5.74) is 0.879. The highest BCUT2D eigenvalue weighted by molar-refractivity contribution is 6.51. The smallest absolute Gasteiger partial charge is 0.300 e. The van der Waals surface area contributed by atoms with Crippen molar-refractivity contribution in [2.75, 3.05) is 12.0 Å². The molecule has 1 unspecified atom stereocenters. The molecule has 2 heterocycles. The number of pyridine rings is 1.